The number of rotatable bonds is 4. The molecule has 2 saturated heterocycles. The Morgan fingerprint density at radius 1 is 1.25 bits per heavy atom. The first-order valence-corrected chi connectivity index (χ1v) is 7.23. The number of hydrogen-bond acceptors (Lipinski definition) is 2. The lowest BCUT2D eigenvalue weighted by Gasteiger charge is -2.37. The highest BCUT2D eigenvalue weighted by molar-refractivity contribution is 4.94. The predicted octanol–water partition coefficient (Wildman–Crippen LogP) is 2.64. The fourth-order valence-electron chi connectivity index (χ4n) is 3.46. The third-order valence-electron chi connectivity index (χ3n) is 4.90. The van der Waals surface area contributed by atoms with E-state index in [0.29, 0.717) is 0 Å². The number of likely N-dealkylation sites (tertiary alicyclic amines) is 1. The molecule has 0 spiro atoms. The summed E-state index contributed by atoms with van der Waals surface area (Å²) in [5.74, 6) is 0.835. The second-order valence-corrected chi connectivity index (χ2v) is 5.78. The average molecular weight is 224 g/mol. The molecule has 1 N–H and O–H groups in total. The zero-order valence-corrected chi connectivity index (χ0v) is 11.2. The minimum atomic E-state index is 0.764. The van der Waals surface area contributed by atoms with Crippen molar-refractivity contribution in [3.8, 4) is 0 Å². The molecular weight excluding hydrogens is 196 g/mol. The third-order valence-corrected chi connectivity index (χ3v) is 4.90. The Morgan fingerprint density at radius 3 is 2.69 bits per heavy atom. The molecule has 0 amide bonds. The van der Waals surface area contributed by atoms with E-state index in [2.05, 4.69) is 31.0 Å². The van der Waals surface area contributed by atoms with Gasteiger partial charge in [-0.05, 0) is 51.6 Å². The normalized spacial score (nSPS) is 35.4. The van der Waals surface area contributed by atoms with Gasteiger partial charge in [-0.3, -0.25) is 4.90 Å². The second-order valence-electron chi connectivity index (χ2n) is 5.78. The molecule has 2 heteroatoms. The second kappa shape index (κ2) is 5.50. The van der Waals surface area contributed by atoms with E-state index in [-0.39, 0.29) is 0 Å². The summed E-state index contributed by atoms with van der Waals surface area (Å²) in [7, 11) is 0. The number of hydrogen-bond donors (Lipinski definition) is 1. The lowest BCUT2D eigenvalue weighted by Crippen LogP contribution is -2.49. The van der Waals surface area contributed by atoms with E-state index in [0.717, 1.165) is 24.0 Å². The first-order chi connectivity index (χ1) is 7.74. The molecule has 2 heterocycles. The molecule has 0 aromatic heterocycles. The zero-order valence-electron chi connectivity index (χ0n) is 11.2. The maximum atomic E-state index is 3.70. The Kier molecular flexibility index (Phi) is 4.26. The van der Waals surface area contributed by atoms with E-state index in [4.69, 9.17) is 0 Å². The topological polar surface area (TPSA) is 15.3 Å². The van der Waals surface area contributed by atoms with Crippen molar-refractivity contribution in [2.24, 2.45) is 5.92 Å². The third kappa shape index (κ3) is 2.43. The van der Waals surface area contributed by atoms with Gasteiger partial charge in [0, 0.05) is 18.1 Å². The van der Waals surface area contributed by atoms with E-state index in [1.165, 1.54) is 45.2 Å². The van der Waals surface area contributed by atoms with Gasteiger partial charge in [-0.1, -0.05) is 20.3 Å². The minimum absolute atomic E-state index is 0.764. The summed E-state index contributed by atoms with van der Waals surface area (Å²) >= 11 is 0. The lowest BCUT2D eigenvalue weighted by atomic mass is 9.96. The van der Waals surface area contributed by atoms with Crippen molar-refractivity contribution in [2.45, 2.75) is 71.0 Å². The van der Waals surface area contributed by atoms with Crippen LogP contribution < -0.4 is 5.32 Å². The molecule has 4 atom stereocenters. The molecule has 0 aromatic carbocycles. The summed E-state index contributed by atoms with van der Waals surface area (Å²) in [5, 5.41) is 3.70. The van der Waals surface area contributed by atoms with Crippen LogP contribution in [0.3, 0.4) is 0 Å². The SMILES string of the molecule is CCC(C)C(C)N1CCCC1C1CCCN1. The minimum Gasteiger partial charge on any atom is -0.312 e. The summed E-state index contributed by atoms with van der Waals surface area (Å²) in [4.78, 5) is 2.79. The van der Waals surface area contributed by atoms with E-state index < -0.39 is 0 Å². The molecule has 4 unspecified atom stereocenters. The van der Waals surface area contributed by atoms with Crippen LogP contribution in [-0.4, -0.2) is 36.1 Å². The molecule has 0 aliphatic carbocycles. The van der Waals surface area contributed by atoms with Gasteiger partial charge in [0.15, 0.2) is 0 Å². The van der Waals surface area contributed by atoms with Gasteiger partial charge in [0.2, 0.25) is 0 Å². The van der Waals surface area contributed by atoms with Crippen LogP contribution >= 0.6 is 0 Å². The van der Waals surface area contributed by atoms with E-state index in [1.807, 2.05) is 0 Å². The zero-order chi connectivity index (χ0) is 11.5. The van der Waals surface area contributed by atoms with Crippen LogP contribution in [-0.2, 0) is 0 Å². The smallest absolute Gasteiger partial charge is 0.0252 e. The van der Waals surface area contributed by atoms with Crippen molar-refractivity contribution in [2.75, 3.05) is 13.1 Å². The van der Waals surface area contributed by atoms with Crippen molar-refractivity contribution in [3.05, 3.63) is 0 Å². The van der Waals surface area contributed by atoms with Crippen molar-refractivity contribution < 1.29 is 0 Å². The van der Waals surface area contributed by atoms with E-state index in [1.54, 1.807) is 0 Å². The fraction of sp³-hybridized carbons (Fsp3) is 1.00. The van der Waals surface area contributed by atoms with Crippen molar-refractivity contribution in [1.82, 2.24) is 10.2 Å². The molecule has 16 heavy (non-hydrogen) atoms. The van der Waals surface area contributed by atoms with Crippen LogP contribution in [0.4, 0.5) is 0 Å². The van der Waals surface area contributed by atoms with E-state index >= 15 is 0 Å². The van der Waals surface area contributed by atoms with Gasteiger partial charge in [-0.25, -0.2) is 0 Å². The molecule has 0 aromatic rings. The van der Waals surface area contributed by atoms with Gasteiger partial charge < -0.3 is 5.32 Å². The molecule has 2 rings (SSSR count). The van der Waals surface area contributed by atoms with Crippen molar-refractivity contribution in [1.29, 1.82) is 0 Å². The highest BCUT2D eigenvalue weighted by atomic mass is 15.2. The molecule has 0 radical (unpaired) electrons. The van der Waals surface area contributed by atoms with Crippen molar-refractivity contribution in [3.63, 3.8) is 0 Å². The lowest BCUT2D eigenvalue weighted by molar-refractivity contribution is 0.124. The monoisotopic (exact) mass is 224 g/mol. The quantitative estimate of drug-likeness (QED) is 0.790. The maximum absolute atomic E-state index is 3.70. The van der Waals surface area contributed by atoms with Gasteiger partial charge in [0.1, 0.15) is 0 Å². The van der Waals surface area contributed by atoms with Crippen LogP contribution in [0.1, 0.15) is 52.9 Å². The first-order valence-electron chi connectivity index (χ1n) is 7.23. The molecule has 94 valence electrons. The van der Waals surface area contributed by atoms with Crippen LogP contribution in [0, 0.1) is 5.92 Å². The van der Waals surface area contributed by atoms with Gasteiger partial charge in [-0.15, -0.1) is 0 Å². The van der Waals surface area contributed by atoms with Crippen LogP contribution in [0.5, 0.6) is 0 Å². The molecule has 0 saturated carbocycles. The summed E-state index contributed by atoms with van der Waals surface area (Å²) in [6, 6.07) is 2.38. The molecular formula is C14H28N2. The molecule has 2 nitrogen and oxygen atoms in total. The van der Waals surface area contributed by atoms with Gasteiger partial charge in [-0.2, -0.15) is 0 Å². The number of nitrogens with zero attached hydrogens (tertiary/aromatic N) is 1. The molecule has 2 aliphatic heterocycles. The Balaban J connectivity index is 1.96. The molecule has 2 fully saturated rings. The summed E-state index contributed by atoms with van der Waals surface area (Å²) < 4.78 is 0. The summed E-state index contributed by atoms with van der Waals surface area (Å²) in [5.41, 5.74) is 0. The largest absolute Gasteiger partial charge is 0.312 e. The highest BCUT2D eigenvalue weighted by Crippen LogP contribution is 2.29. The summed E-state index contributed by atoms with van der Waals surface area (Å²) in [6.07, 6.45) is 6.91. The Morgan fingerprint density at radius 2 is 2.06 bits per heavy atom. The summed E-state index contributed by atoms with van der Waals surface area (Å²) in [6.45, 7) is 9.73. The van der Waals surface area contributed by atoms with Gasteiger partial charge >= 0.3 is 0 Å². The highest BCUT2D eigenvalue weighted by Gasteiger charge is 2.36. The standard InChI is InChI=1S/C14H28N2/c1-4-11(2)12(3)16-10-6-8-14(16)13-7-5-9-15-13/h11-15H,4-10H2,1-3H3. The molecule has 2 aliphatic rings. The van der Waals surface area contributed by atoms with Crippen molar-refractivity contribution >= 4 is 0 Å². The Labute approximate surface area is 101 Å². The number of nitrogens with one attached hydrogen (secondary N) is 1. The predicted molar refractivity (Wildman–Crippen MR) is 69.7 cm³/mol. The van der Waals surface area contributed by atoms with E-state index in [9.17, 15) is 0 Å². The fourth-order valence-corrected chi connectivity index (χ4v) is 3.46. The van der Waals surface area contributed by atoms with Crippen LogP contribution in [0.15, 0.2) is 0 Å². The average Bonchev–Trinajstić information content (AvgIpc) is 2.95. The Bertz CT molecular complexity index is 211. The first kappa shape index (κ1) is 12.4. The Hall–Kier alpha value is -0.0800. The van der Waals surface area contributed by atoms with Crippen LogP contribution in [0.2, 0.25) is 0 Å². The van der Waals surface area contributed by atoms with Crippen LogP contribution in [0.25, 0.3) is 0 Å². The van der Waals surface area contributed by atoms with Gasteiger partial charge in [0.05, 0.1) is 0 Å². The molecule has 0 bridgehead atoms. The van der Waals surface area contributed by atoms with Gasteiger partial charge in [0.25, 0.3) is 0 Å². The maximum Gasteiger partial charge on any atom is 0.0252 e.